The Morgan fingerprint density at radius 1 is 1.24 bits per heavy atom. The van der Waals surface area contributed by atoms with Crippen molar-refractivity contribution in [2.24, 2.45) is 10.7 Å². The van der Waals surface area contributed by atoms with Gasteiger partial charge >= 0.3 is 0 Å². The molecular weight excluding hydrogens is 373 g/mol. The molecule has 0 aliphatic carbocycles. The molecule has 3 nitrogen and oxygen atoms in total. The SMILES string of the molecule is Cc1cccc(C(C)CN=C(N)N2CCCCCC2)c1.I. The zero-order chi connectivity index (χ0) is 14.4. The fourth-order valence-electron chi connectivity index (χ4n) is 2.71. The van der Waals surface area contributed by atoms with Crippen LogP contribution in [0.2, 0.25) is 0 Å². The molecule has 118 valence electrons. The van der Waals surface area contributed by atoms with Gasteiger partial charge in [-0.3, -0.25) is 4.99 Å². The summed E-state index contributed by atoms with van der Waals surface area (Å²) in [6.45, 7) is 7.24. The maximum atomic E-state index is 6.15. The number of nitrogens with two attached hydrogens (primary N) is 1. The van der Waals surface area contributed by atoms with E-state index < -0.39 is 0 Å². The fourth-order valence-corrected chi connectivity index (χ4v) is 2.71. The van der Waals surface area contributed by atoms with Gasteiger partial charge in [0.2, 0.25) is 0 Å². The van der Waals surface area contributed by atoms with Crippen molar-refractivity contribution in [3.8, 4) is 0 Å². The molecule has 0 radical (unpaired) electrons. The number of likely N-dealkylation sites (tertiary alicyclic amines) is 1. The van der Waals surface area contributed by atoms with E-state index in [0.717, 1.165) is 25.6 Å². The quantitative estimate of drug-likeness (QED) is 0.474. The van der Waals surface area contributed by atoms with Gasteiger partial charge in [-0.1, -0.05) is 49.6 Å². The van der Waals surface area contributed by atoms with Crippen LogP contribution in [0.4, 0.5) is 0 Å². The highest BCUT2D eigenvalue weighted by Crippen LogP contribution is 2.17. The molecule has 1 fully saturated rings. The van der Waals surface area contributed by atoms with Gasteiger partial charge in [0.1, 0.15) is 0 Å². The molecule has 0 aromatic heterocycles. The molecule has 4 heteroatoms. The molecule has 2 N–H and O–H groups in total. The normalized spacial score (nSPS) is 17.8. The van der Waals surface area contributed by atoms with Crippen molar-refractivity contribution < 1.29 is 0 Å². The minimum atomic E-state index is 0. The number of guanidine groups is 1. The highest BCUT2D eigenvalue weighted by molar-refractivity contribution is 14.0. The molecule has 1 atom stereocenters. The number of hydrogen-bond donors (Lipinski definition) is 1. The number of aryl methyl sites for hydroxylation is 1. The lowest BCUT2D eigenvalue weighted by atomic mass is 10.00. The van der Waals surface area contributed by atoms with Crippen molar-refractivity contribution in [3.05, 3.63) is 35.4 Å². The summed E-state index contributed by atoms with van der Waals surface area (Å²) in [5.74, 6) is 1.15. The molecule has 0 amide bonds. The summed E-state index contributed by atoms with van der Waals surface area (Å²) in [6, 6.07) is 8.66. The van der Waals surface area contributed by atoms with E-state index in [-0.39, 0.29) is 24.0 Å². The van der Waals surface area contributed by atoms with Gasteiger partial charge in [0.05, 0.1) is 0 Å². The number of hydrogen-bond acceptors (Lipinski definition) is 1. The number of nitrogens with zero attached hydrogens (tertiary/aromatic N) is 2. The van der Waals surface area contributed by atoms with Crippen LogP contribution in [0.3, 0.4) is 0 Å². The van der Waals surface area contributed by atoms with Gasteiger partial charge in [0.25, 0.3) is 0 Å². The molecule has 1 saturated heterocycles. The topological polar surface area (TPSA) is 41.6 Å². The van der Waals surface area contributed by atoms with Gasteiger partial charge in [0.15, 0.2) is 5.96 Å². The first-order chi connectivity index (χ1) is 9.66. The maximum Gasteiger partial charge on any atom is 0.191 e. The molecule has 21 heavy (non-hydrogen) atoms. The summed E-state index contributed by atoms with van der Waals surface area (Å²) >= 11 is 0. The smallest absolute Gasteiger partial charge is 0.191 e. The zero-order valence-corrected chi connectivity index (χ0v) is 15.5. The highest BCUT2D eigenvalue weighted by Gasteiger charge is 2.11. The first-order valence-electron chi connectivity index (χ1n) is 7.78. The van der Waals surface area contributed by atoms with Crippen LogP contribution in [0.25, 0.3) is 0 Å². The minimum Gasteiger partial charge on any atom is -0.370 e. The molecule has 1 heterocycles. The molecule has 1 aromatic rings. The van der Waals surface area contributed by atoms with Gasteiger partial charge in [-0.2, -0.15) is 0 Å². The second-order valence-electron chi connectivity index (χ2n) is 5.92. The first kappa shape index (κ1) is 18.3. The maximum absolute atomic E-state index is 6.15. The Morgan fingerprint density at radius 3 is 2.52 bits per heavy atom. The summed E-state index contributed by atoms with van der Waals surface area (Å²) in [5, 5.41) is 0. The molecular formula is C17H28IN3. The molecule has 0 bridgehead atoms. The lowest BCUT2D eigenvalue weighted by molar-refractivity contribution is 0.428. The van der Waals surface area contributed by atoms with Gasteiger partial charge < -0.3 is 10.6 Å². The van der Waals surface area contributed by atoms with Crippen molar-refractivity contribution in [2.75, 3.05) is 19.6 Å². The molecule has 1 unspecified atom stereocenters. The van der Waals surface area contributed by atoms with E-state index in [0.29, 0.717) is 5.92 Å². The van der Waals surface area contributed by atoms with Crippen LogP contribution in [-0.4, -0.2) is 30.5 Å². The predicted molar refractivity (Wildman–Crippen MR) is 102 cm³/mol. The molecule has 0 spiro atoms. The third-order valence-electron chi connectivity index (χ3n) is 4.07. The summed E-state index contributed by atoms with van der Waals surface area (Å²) in [6.07, 6.45) is 5.13. The lowest BCUT2D eigenvalue weighted by Crippen LogP contribution is -2.38. The van der Waals surface area contributed by atoms with E-state index in [4.69, 9.17) is 5.73 Å². The Balaban J connectivity index is 0.00000220. The summed E-state index contributed by atoms with van der Waals surface area (Å²) in [7, 11) is 0. The fraction of sp³-hybridized carbons (Fsp3) is 0.588. The average molecular weight is 401 g/mol. The number of halogens is 1. The Bertz CT molecular complexity index is 451. The highest BCUT2D eigenvalue weighted by atomic mass is 127. The van der Waals surface area contributed by atoms with E-state index in [1.54, 1.807) is 0 Å². The molecule has 1 aliphatic heterocycles. The van der Waals surface area contributed by atoms with E-state index in [1.165, 1.54) is 36.8 Å². The lowest BCUT2D eigenvalue weighted by Gasteiger charge is -2.21. The van der Waals surface area contributed by atoms with Crippen molar-refractivity contribution in [2.45, 2.75) is 45.4 Å². The van der Waals surface area contributed by atoms with Crippen LogP contribution in [-0.2, 0) is 0 Å². The van der Waals surface area contributed by atoms with E-state index in [1.807, 2.05) is 0 Å². The third-order valence-corrected chi connectivity index (χ3v) is 4.07. The van der Waals surface area contributed by atoms with Crippen LogP contribution in [0.15, 0.2) is 29.3 Å². The van der Waals surface area contributed by atoms with Gasteiger partial charge in [-0.25, -0.2) is 0 Å². The number of benzene rings is 1. The molecule has 1 aliphatic rings. The average Bonchev–Trinajstić information content (AvgIpc) is 2.73. The standard InChI is InChI=1S/C17H27N3.HI/c1-14-8-7-9-16(12-14)15(2)13-19-17(18)20-10-5-3-4-6-11-20;/h7-9,12,15H,3-6,10-11,13H2,1-2H3,(H2,18,19);1H. The second kappa shape index (κ2) is 9.28. The van der Waals surface area contributed by atoms with Gasteiger partial charge in [-0.15, -0.1) is 24.0 Å². The van der Waals surface area contributed by atoms with Crippen molar-refractivity contribution >= 4 is 29.9 Å². The van der Waals surface area contributed by atoms with Gasteiger partial charge in [0, 0.05) is 25.6 Å². The largest absolute Gasteiger partial charge is 0.370 e. The van der Waals surface area contributed by atoms with Crippen LogP contribution in [0.1, 0.15) is 49.7 Å². The molecule has 1 aromatic carbocycles. The molecule has 2 rings (SSSR count). The zero-order valence-electron chi connectivity index (χ0n) is 13.2. The monoisotopic (exact) mass is 401 g/mol. The van der Waals surface area contributed by atoms with Crippen LogP contribution in [0.5, 0.6) is 0 Å². The summed E-state index contributed by atoms with van der Waals surface area (Å²) in [5.41, 5.74) is 8.80. The van der Waals surface area contributed by atoms with Crippen LogP contribution < -0.4 is 5.73 Å². The summed E-state index contributed by atoms with van der Waals surface area (Å²) < 4.78 is 0. The van der Waals surface area contributed by atoms with E-state index in [9.17, 15) is 0 Å². The van der Waals surface area contributed by atoms with Crippen LogP contribution >= 0.6 is 24.0 Å². The first-order valence-corrected chi connectivity index (χ1v) is 7.78. The van der Waals surface area contributed by atoms with E-state index >= 15 is 0 Å². The minimum absolute atomic E-state index is 0. The third kappa shape index (κ3) is 5.85. The van der Waals surface area contributed by atoms with Crippen molar-refractivity contribution in [1.29, 1.82) is 0 Å². The second-order valence-corrected chi connectivity index (χ2v) is 5.92. The Hall–Kier alpha value is -0.780. The number of rotatable bonds is 3. The summed E-state index contributed by atoms with van der Waals surface area (Å²) in [4.78, 5) is 6.86. The van der Waals surface area contributed by atoms with Crippen molar-refractivity contribution in [3.63, 3.8) is 0 Å². The van der Waals surface area contributed by atoms with Gasteiger partial charge in [-0.05, 0) is 25.3 Å². The predicted octanol–water partition coefficient (Wildman–Crippen LogP) is 3.91. The Kier molecular flexibility index (Phi) is 8.07. The molecule has 0 saturated carbocycles. The number of aliphatic imine (C=N–C) groups is 1. The Morgan fingerprint density at radius 2 is 1.90 bits per heavy atom. The van der Waals surface area contributed by atoms with Crippen LogP contribution in [0, 0.1) is 6.92 Å². The van der Waals surface area contributed by atoms with E-state index in [2.05, 4.69) is 48.0 Å². The van der Waals surface area contributed by atoms with Crippen molar-refractivity contribution in [1.82, 2.24) is 4.90 Å². The Labute approximate surface area is 146 Å².